The Morgan fingerprint density at radius 1 is 0.473 bits per heavy atom. The third-order valence-corrected chi connectivity index (χ3v) is 17.1. The van der Waals surface area contributed by atoms with Crippen LogP contribution in [0.3, 0.4) is 0 Å². The second-order valence-electron chi connectivity index (χ2n) is 14.3. The van der Waals surface area contributed by atoms with Gasteiger partial charge in [-0.25, -0.2) is 4.98 Å². The van der Waals surface area contributed by atoms with Crippen molar-refractivity contribution in [2.24, 2.45) is 0 Å². The van der Waals surface area contributed by atoms with Gasteiger partial charge in [0, 0.05) is 20.2 Å². The molecule has 0 unspecified atom stereocenters. The van der Waals surface area contributed by atoms with Crippen molar-refractivity contribution in [2.75, 3.05) is 0 Å². The zero-order chi connectivity index (χ0) is 36.3. The van der Waals surface area contributed by atoms with Crippen LogP contribution in [0.1, 0.15) is 5.82 Å². The molecule has 10 aromatic rings. The lowest BCUT2D eigenvalue weighted by Gasteiger charge is -2.35. The van der Waals surface area contributed by atoms with Crippen molar-refractivity contribution in [2.45, 2.75) is 6.61 Å². The first-order valence-electron chi connectivity index (χ1n) is 18.7. The van der Waals surface area contributed by atoms with Gasteiger partial charge in [-0.2, -0.15) is 0 Å². The molecule has 0 saturated heterocycles. The summed E-state index contributed by atoms with van der Waals surface area (Å²) in [6, 6.07) is 71.7. The number of rotatable bonds is 6. The minimum absolute atomic E-state index is 0.454. The molecule has 0 amide bonds. The maximum atomic E-state index is 6.06. The molecule has 3 nitrogen and oxygen atoms in total. The molecule has 8 aromatic carbocycles. The van der Waals surface area contributed by atoms with E-state index in [-0.39, 0.29) is 0 Å². The molecule has 260 valence electrons. The zero-order valence-corrected chi connectivity index (χ0v) is 31.7. The van der Waals surface area contributed by atoms with Crippen molar-refractivity contribution < 1.29 is 4.74 Å². The summed E-state index contributed by atoms with van der Waals surface area (Å²) >= 11 is 1.87. The van der Waals surface area contributed by atoms with Crippen LogP contribution in [0.25, 0.3) is 59.1 Å². The van der Waals surface area contributed by atoms with Crippen molar-refractivity contribution >= 4 is 71.4 Å². The van der Waals surface area contributed by atoms with Crippen molar-refractivity contribution in [3.63, 3.8) is 0 Å². The minimum Gasteiger partial charge on any atom is -0.483 e. The first-order valence-corrected chi connectivity index (χ1v) is 21.5. The van der Waals surface area contributed by atoms with Gasteiger partial charge in [0.25, 0.3) is 0 Å². The van der Waals surface area contributed by atoms with Gasteiger partial charge in [0.05, 0.1) is 16.7 Å². The smallest absolute Gasteiger partial charge is 0.179 e. The number of imidazole rings is 1. The zero-order valence-electron chi connectivity index (χ0n) is 29.9. The SMILES string of the molecule is c1ccc([Si](c2ccccc2)(c2cccc(-c3ccc4sc5ccccc5c4c3)c2)c2cccc(-c3ccc4nc5n(c4c3)-c3ccccc3OC5)c2)cc1. The van der Waals surface area contributed by atoms with Crippen molar-refractivity contribution in [1.29, 1.82) is 0 Å². The number of nitrogens with zero attached hydrogens (tertiary/aromatic N) is 2. The standard InChI is InChI=1S/C50H34N2OSSi/c1-3-15-38(16-4-1)55(39-17-5-2-6-18-39,40-19-11-13-34(29-40)36-26-28-49-43(31-36)42-21-7-10-24-48(42)54-49)41-20-12-14-35(30-41)37-25-27-44-46(32-37)52-45-22-8-9-23-47(45)53-33-50(52)51-44/h1-32H,33H2. The molecule has 0 aliphatic carbocycles. The van der Waals surface area contributed by atoms with Crippen LogP contribution in [0, 0.1) is 0 Å². The molecule has 1 aliphatic rings. The van der Waals surface area contributed by atoms with E-state index in [4.69, 9.17) is 9.72 Å². The number of hydrogen-bond donors (Lipinski definition) is 0. The van der Waals surface area contributed by atoms with Crippen LogP contribution in [0.15, 0.2) is 194 Å². The Labute approximate surface area is 324 Å². The topological polar surface area (TPSA) is 27.1 Å². The van der Waals surface area contributed by atoms with Crippen LogP contribution in [0.5, 0.6) is 5.75 Å². The van der Waals surface area contributed by atoms with E-state index in [1.807, 2.05) is 23.5 Å². The Hall–Kier alpha value is -6.53. The molecule has 0 bridgehead atoms. The first-order chi connectivity index (χ1) is 27.2. The second-order valence-corrected chi connectivity index (χ2v) is 19.2. The van der Waals surface area contributed by atoms with Gasteiger partial charge in [0.1, 0.15) is 12.4 Å². The van der Waals surface area contributed by atoms with Gasteiger partial charge in [-0.15, -0.1) is 11.3 Å². The highest BCUT2D eigenvalue weighted by molar-refractivity contribution is 7.25. The number of ether oxygens (including phenoxy) is 1. The monoisotopic (exact) mass is 738 g/mol. The molecule has 0 N–H and O–H groups in total. The molecule has 3 heterocycles. The van der Waals surface area contributed by atoms with E-state index in [2.05, 4.69) is 187 Å². The summed E-state index contributed by atoms with van der Waals surface area (Å²) in [4.78, 5) is 4.97. The molecule has 0 radical (unpaired) electrons. The molecule has 0 fully saturated rings. The summed E-state index contributed by atoms with van der Waals surface area (Å²) in [6.07, 6.45) is 0. The molecule has 11 rings (SSSR count). The van der Waals surface area contributed by atoms with E-state index < -0.39 is 8.07 Å². The van der Waals surface area contributed by atoms with E-state index in [1.165, 1.54) is 57.6 Å². The van der Waals surface area contributed by atoms with Gasteiger partial charge in [-0.05, 0) is 85.5 Å². The molecule has 1 aliphatic heterocycles. The number of fused-ring (bicyclic) bond motifs is 8. The molecule has 0 spiro atoms. The summed E-state index contributed by atoms with van der Waals surface area (Å²) in [7, 11) is -2.86. The molecule has 55 heavy (non-hydrogen) atoms. The lowest BCUT2D eigenvalue weighted by atomic mass is 10.0. The largest absolute Gasteiger partial charge is 0.483 e. The quantitative estimate of drug-likeness (QED) is 0.126. The van der Waals surface area contributed by atoms with Gasteiger partial charge in [0.15, 0.2) is 13.9 Å². The number of para-hydroxylation sites is 2. The number of hydrogen-bond acceptors (Lipinski definition) is 3. The van der Waals surface area contributed by atoms with Crippen LogP contribution in [-0.2, 0) is 6.61 Å². The fourth-order valence-electron chi connectivity index (χ4n) is 8.72. The molecule has 0 saturated carbocycles. The van der Waals surface area contributed by atoms with Gasteiger partial charge in [-0.3, -0.25) is 4.57 Å². The van der Waals surface area contributed by atoms with Crippen LogP contribution < -0.4 is 25.5 Å². The Morgan fingerprint density at radius 3 is 1.80 bits per heavy atom. The second kappa shape index (κ2) is 12.8. The summed E-state index contributed by atoms with van der Waals surface area (Å²) in [5.74, 6) is 1.81. The normalized spacial score (nSPS) is 12.4. The summed E-state index contributed by atoms with van der Waals surface area (Å²) in [6.45, 7) is 0.454. The van der Waals surface area contributed by atoms with E-state index in [1.54, 1.807) is 0 Å². The highest BCUT2D eigenvalue weighted by atomic mass is 32.1. The average Bonchev–Trinajstić information content (AvgIpc) is 3.83. The van der Waals surface area contributed by atoms with E-state index in [9.17, 15) is 0 Å². The number of aromatic nitrogens is 2. The minimum atomic E-state index is -2.86. The van der Waals surface area contributed by atoms with Gasteiger partial charge >= 0.3 is 0 Å². The van der Waals surface area contributed by atoms with Crippen LogP contribution >= 0.6 is 11.3 Å². The van der Waals surface area contributed by atoms with Crippen molar-refractivity contribution in [3.8, 4) is 33.7 Å². The molecular formula is C50H34N2OSSi. The molecule has 5 heteroatoms. The Balaban J connectivity index is 1.11. The van der Waals surface area contributed by atoms with Gasteiger partial charge in [-0.1, -0.05) is 152 Å². The molecule has 0 atom stereocenters. The average molecular weight is 739 g/mol. The van der Waals surface area contributed by atoms with Crippen LogP contribution in [-0.4, -0.2) is 17.6 Å². The predicted molar refractivity (Wildman–Crippen MR) is 233 cm³/mol. The fourth-order valence-corrected chi connectivity index (χ4v) is 14.6. The lowest BCUT2D eigenvalue weighted by molar-refractivity contribution is 0.280. The number of thiophene rings is 1. The highest BCUT2D eigenvalue weighted by Gasteiger charge is 2.41. The van der Waals surface area contributed by atoms with E-state index in [0.717, 1.165) is 33.9 Å². The molecule has 2 aromatic heterocycles. The first kappa shape index (κ1) is 31.9. The Kier molecular flexibility index (Phi) is 7.44. The fraction of sp³-hybridized carbons (Fsp3) is 0.0200. The van der Waals surface area contributed by atoms with Crippen LogP contribution in [0.2, 0.25) is 0 Å². The number of benzene rings is 8. The van der Waals surface area contributed by atoms with E-state index in [0.29, 0.717) is 6.61 Å². The van der Waals surface area contributed by atoms with Gasteiger partial charge in [0.2, 0.25) is 0 Å². The summed E-state index contributed by atoms with van der Waals surface area (Å²) < 4.78 is 11.0. The third kappa shape index (κ3) is 5.12. The highest BCUT2D eigenvalue weighted by Crippen LogP contribution is 2.37. The summed E-state index contributed by atoms with van der Waals surface area (Å²) in [5.41, 5.74) is 7.90. The maximum absolute atomic E-state index is 6.06. The van der Waals surface area contributed by atoms with E-state index >= 15 is 0 Å². The summed E-state index contributed by atoms with van der Waals surface area (Å²) in [5, 5.41) is 8.04. The van der Waals surface area contributed by atoms with Crippen LogP contribution in [0.4, 0.5) is 0 Å². The molecular weight excluding hydrogens is 705 g/mol. The Morgan fingerprint density at radius 2 is 1.05 bits per heavy atom. The van der Waals surface area contributed by atoms with Crippen molar-refractivity contribution in [3.05, 3.63) is 200 Å². The van der Waals surface area contributed by atoms with Gasteiger partial charge < -0.3 is 4.74 Å². The Bertz CT molecular complexity index is 3020. The third-order valence-electron chi connectivity index (χ3n) is 11.2. The maximum Gasteiger partial charge on any atom is 0.179 e. The van der Waals surface area contributed by atoms with Crippen molar-refractivity contribution in [1.82, 2.24) is 9.55 Å². The lowest BCUT2D eigenvalue weighted by Crippen LogP contribution is -2.74. The predicted octanol–water partition coefficient (Wildman–Crippen LogP) is 10.00.